The van der Waals surface area contributed by atoms with E-state index < -0.39 is 10.0 Å². The lowest BCUT2D eigenvalue weighted by atomic mass is 9.83. The smallest absolute Gasteiger partial charge is 0.260 e. The summed E-state index contributed by atoms with van der Waals surface area (Å²) in [4.78, 5) is 4.07. The molecule has 6 heteroatoms. The predicted octanol–water partition coefficient (Wildman–Crippen LogP) is 2.76. The van der Waals surface area contributed by atoms with Gasteiger partial charge in [0.1, 0.15) is 0 Å². The first kappa shape index (κ1) is 16.2. The molecule has 21 heavy (non-hydrogen) atoms. The molecule has 0 aliphatic heterocycles. The number of pyridine rings is 1. The van der Waals surface area contributed by atoms with E-state index in [2.05, 4.69) is 21.9 Å². The zero-order chi connectivity index (χ0) is 15.3. The summed E-state index contributed by atoms with van der Waals surface area (Å²) < 4.78 is 28.2. The Balaban J connectivity index is 2.21. The Morgan fingerprint density at radius 1 is 1.29 bits per heavy atom. The number of hydrogen-bond donors (Lipinski definition) is 2. The molecule has 5 nitrogen and oxygen atoms in total. The van der Waals surface area contributed by atoms with Crippen molar-refractivity contribution in [3.8, 4) is 0 Å². The van der Waals surface area contributed by atoms with Crippen molar-refractivity contribution in [1.29, 1.82) is 0 Å². The molecular formula is C15H25N3O2S. The number of nitrogens with one attached hydrogen (secondary N) is 2. The van der Waals surface area contributed by atoms with Gasteiger partial charge in [-0.05, 0) is 37.8 Å². The fourth-order valence-electron chi connectivity index (χ4n) is 3.04. The number of rotatable bonds is 6. The van der Waals surface area contributed by atoms with Crippen LogP contribution in [-0.2, 0) is 10.0 Å². The first-order valence-corrected chi connectivity index (χ1v) is 9.28. The summed E-state index contributed by atoms with van der Waals surface area (Å²) in [6.45, 7) is 4.72. The number of hydrogen-bond acceptors (Lipinski definition) is 4. The second-order valence-electron chi connectivity index (χ2n) is 5.57. The van der Waals surface area contributed by atoms with Crippen LogP contribution in [-0.4, -0.2) is 26.0 Å². The highest BCUT2D eigenvalue weighted by molar-refractivity contribution is 7.89. The lowest BCUT2D eigenvalue weighted by Gasteiger charge is -2.31. The van der Waals surface area contributed by atoms with E-state index in [4.69, 9.17) is 0 Å². The van der Waals surface area contributed by atoms with E-state index in [-0.39, 0.29) is 11.1 Å². The average Bonchev–Trinajstić information content (AvgIpc) is 2.48. The summed E-state index contributed by atoms with van der Waals surface area (Å²) in [6, 6.07) is 3.53. The quantitative estimate of drug-likeness (QED) is 0.847. The zero-order valence-corrected chi connectivity index (χ0v) is 13.6. The van der Waals surface area contributed by atoms with Crippen molar-refractivity contribution < 1.29 is 8.42 Å². The topological polar surface area (TPSA) is 71.1 Å². The molecule has 1 aliphatic carbocycles. The van der Waals surface area contributed by atoms with Gasteiger partial charge in [0.15, 0.2) is 5.03 Å². The standard InChI is InChI=1S/C15H25N3O2S/c1-3-12-8-5-6-9-13(12)18-21(19,20)15-14(16-4-2)10-7-11-17-15/h7,10-13,16,18H,3-6,8-9H2,1-2H3. The normalized spacial score (nSPS) is 23.0. The van der Waals surface area contributed by atoms with Crippen molar-refractivity contribution >= 4 is 15.7 Å². The van der Waals surface area contributed by atoms with Gasteiger partial charge in [-0.2, -0.15) is 0 Å². The van der Waals surface area contributed by atoms with E-state index in [1.165, 1.54) is 12.6 Å². The van der Waals surface area contributed by atoms with Crippen LogP contribution in [0.4, 0.5) is 5.69 Å². The highest BCUT2D eigenvalue weighted by Crippen LogP contribution is 2.28. The fourth-order valence-corrected chi connectivity index (χ4v) is 4.49. The first-order valence-electron chi connectivity index (χ1n) is 7.79. The van der Waals surface area contributed by atoms with E-state index in [1.807, 2.05) is 6.92 Å². The van der Waals surface area contributed by atoms with Gasteiger partial charge in [-0.15, -0.1) is 0 Å². The average molecular weight is 311 g/mol. The van der Waals surface area contributed by atoms with Crippen LogP contribution in [0.2, 0.25) is 0 Å². The molecule has 0 spiro atoms. The molecule has 118 valence electrons. The molecule has 1 aliphatic rings. The summed E-state index contributed by atoms with van der Waals surface area (Å²) in [5, 5.41) is 3.17. The molecule has 0 amide bonds. The number of nitrogens with zero attached hydrogens (tertiary/aromatic N) is 1. The fraction of sp³-hybridized carbons (Fsp3) is 0.667. The lowest BCUT2D eigenvalue weighted by molar-refractivity contribution is 0.282. The minimum absolute atomic E-state index is 0.0326. The van der Waals surface area contributed by atoms with Gasteiger partial charge in [-0.1, -0.05) is 26.2 Å². The Labute approximate surface area is 127 Å². The summed E-state index contributed by atoms with van der Waals surface area (Å²) in [7, 11) is -3.58. The molecule has 2 unspecified atom stereocenters. The minimum Gasteiger partial charge on any atom is -0.383 e. The second kappa shape index (κ2) is 7.22. The van der Waals surface area contributed by atoms with Gasteiger partial charge in [-0.3, -0.25) is 0 Å². The van der Waals surface area contributed by atoms with Crippen LogP contribution >= 0.6 is 0 Å². The van der Waals surface area contributed by atoms with Gasteiger partial charge in [0.2, 0.25) is 0 Å². The molecule has 1 fully saturated rings. The first-order chi connectivity index (χ1) is 10.1. The Bertz CT molecular complexity index is 560. The maximum atomic E-state index is 12.6. The molecule has 1 heterocycles. The van der Waals surface area contributed by atoms with Crippen molar-refractivity contribution in [3.05, 3.63) is 18.3 Å². The van der Waals surface area contributed by atoms with Crippen LogP contribution in [0.3, 0.4) is 0 Å². The SMILES string of the molecule is CCNc1cccnc1S(=O)(=O)NC1CCCCC1CC. The Morgan fingerprint density at radius 2 is 2.05 bits per heavy atom. The molecule has 1 aromatic heterocycles. The molecule has 0 bridgehead atoms. The van der Waals surface area contributed by atoms with Crippen LogP contribution in [0.15, 0.2) is 23.4 Å². The Hall–Kier alpha value is -1.14. The summed E-state index contributed by atoms with van der Waals surface area (Å²) in [6.07, 6.45) is 6.84. The van der Waals surface area contributed by atoms with E-state index >= 15 is 0 Å². The lowest BCUT2D eigenvalue weighted by Crippen LogP contribution is -2.42. The highest BCUT2D eigenvalue weighted by atomic mass is 32.2. The van der Waals surface area contributed by atoms with Gasteiger partial charge >= 0.3 is 0 Å². The molecule has 0 aromatic carbocycles. The van der Waals surface area contributed by atoms with Gasteiger partial charge in [0, 0.05) is 18.8 Å². The van der Waals surface area contributed by atoms with E-state index in [9.17, 15) is 8.42 Å². The molecule has 0 saturated heterocycles. The highest BCUT2D eigenvalue weighted by Gasteiger charge is 2.30. The third-order valence-corrected chi connectivity index (χ3v) is 5.58. The van der Waals surface area contributed by atoms with Gasteiger partial charge in [0.05, 0.1) is 5.69 Å². The summed E-state index contributed by atoms with van der Waals surface area (Å²) in [5.74, 6) is 0.430. The molecule has 1 aromatic rings. The number of anilines is 1. The molecule has 1 saturated carbocycles. The number of sulfonamides is 1. The van der Waals surface area contributed by atoms with Gasteiger partial charge in [0.25, 0.3) is 10.0 Å². The molecule has 2 rings (SSSR count). The van der Waals surface area contributed by atoms with E-state index in [0.717, 1.165) is 25.7 Å². The zero-order valence-electron chi connectivity index (χ0n) is 12.8. The maximum absolute atomic E-state index is 12.6. The van der Waals surface area contributed by atoms with Crippen molar-refractivity contribution in [2.75, 3.05) is 11.9 Å². The Kier molecular flexibility index (Phi) is 5.58. The third kappa shape index (κ3) is 3.95. The maximum Gasteiger partial charge on any atom is 0.260 e. The molecular weight excluding hydrogens is 286 g/mol. The molecule has 2 N–H and O–H groups in total. The van der Waals surface area contributed by atoms with Crippen molar-refractivity contribution in [3.63, 3.8) is 0 Å². The van der Waals surface area contributed by atoms with Gasteiger partial charge in [-0.25, -0.2) is 18.1 Å². The van der Waals surface area contributed by atoms with Gasteiger partial charge < -0.3 is 5.32 Å². The van der Waals surface area contributed by atoms with Crippen LogP contribution in [0.25, 0.3) is 0 Å². The van der Waals surface area contributed by atoms with Crippen molar-refractivity contribution in [1.82, 2.24) is 9.71 Å². The van der Waals surface area contributed by atoms with Crippen LogP contribution < -0.4 is 10.0 Å². The van der Waals surface area contributed by atoms with Crippen molar-refractivity contribution in [2.45, 2.75) is 57.0 Å². The molecule has 0 radical (unpaired) electrons. The predicted molar refractivity (Wildman–Crippen MR) is 84.8 cm³/mol. The molecule has 2 atom stereocenters. The van der Waals surface area contributed by atoms with E-state index in [0.29, 0.717) is 18.2 Å². The monoisotopic (exact) mass is 311 g/mol. The third-order valence-electron chi connectivity index (χ3n) is 4.13. The van der Waals surface area contributed by atoms with E-state index in [1.54, 1.807) is 12.1 Å². The van der Waals surface area contributed by atoms with Crippen LogP contribution in [0, 0.1) is 5.92 Å². The Morgan fingerprint density at radius 3 is 2.76 bits per heavy atom. The minimum atomic E-state index is -3.58. The number of aromatic nitrogens is 1. The summed E-state index contributed by atoms with van der Waals surface area (Å²) in [5.41, 5.74) is 0.566. The summed E-state index contributed by atoms with van der Waals surface area (Å²) >= 11 is 0. The van der Waals surface area contributed by atoms with Crippen LogP contribution in [0.1, 0.15) is 46.0 Å². The van der Waals surface area contributed by atoms with Crippen molar-refractivity contribution in [2.24, 2.45) is 5.92 Å². The van der Waals surface area contributed by atoms with Crippen LogP contribution in [0.5, 0.6) is 0 Å². The second-order valence-corrected chi connectivity index (χ2v) is 7.20. The largest absolute Gasteiger partial charge is 0.383 e.